The smallest absolute Gasteiger partial charge is 0.0991 e. The highest BCUT2D eigenvalue weighted by Crippen LogP contribution is 2.39. The summed E-state index contributed by atoms with van der Waals surface area (Å²) in [7, 11) is 0. The molecule has 1 aliphatic rings. The van der Waals surface area contributed by atoms with Gasteiger partial charge in [-0.05, 0) is 60.7 Å². The molecule has 0 amide bonds. The van der Waals surface area contributed by atoms with Crippen LogP contribution in [0.15, 0.2) is 48.5 Å². The van der Waals surface area contributed by atoms with E-state index in [2.05, 4.69) is 11.4 Å². The van der Waals surface area contributed by atoms with Gasteiger partial charge in [0.05, 0.1) is 23.8 Å². The molecule has 0 radical (unpaired) electrons. The van der Waals surface area contributed by atoms with Crippen LogP contribution in [0.25, 0.3) is 0 Å². The van der Waals surface area contributed by atoms with E-state index >= 15 is 0 Å². The number of nitrogens with zero attached hydrogens (tertiary/aromatic N) is 1. The summed E-state index contributed by atoms with van der Waals surface area (Å²) < 4.78 is 0. The monoisotopic (exact) mass is 312 g/mol. The SMILES string of the molecule is N#Cc1cccc(C(Nc2ccc(Cl)cc2)C(O)C2CC2)c1. The van der Waals surface area contributed by atoms with Crippen LogP contribution in [-0.4, -0.2) is 11.2 Å². The van der Waals surface area contributed by atoms with Crippen molar-refractivity contribution in [1.82, 2.24) is 0 Å². The van der Waals surface area contributed by atoms with Gasteiger partial charge in [-0.1, -0.05) is 23.7 Å². The lowest BCUT2D eigenvalue weighted by atomic mass is 9.96. The highest BCUT2D eigenvalue weighted by Gasteiger charge is 2.36. The Morgan fingerprint density at radius 1 is 1.18 bits per heavy atom. The number of halogens is 1. The summed E-state index contributed by atoms with van der Waals surface area (Å²) in [6, 6.07) is 16.7. The Bertz CT molecular complexity index is 689. The van der Waals surface area contributed by atoms with Crippen molar-refractivity contribution in [2.75, 3.05) is 5.32 Å². The number of aliphatic hydroxyl groups excluding tert-OH is 1. The molecule has 4 heteroatoms. The predicted molar refractivity (Wildman–Crippen MR) is 87.7 cm³/mol. The first-order chi connectivity index (χ1) is 10.7. The van der Waals surface area contributed by atoms with Gasteiger partial charge < -0.3 is 10.4 Å². The fraction of sp³-hybridized carbons (Fsp3) is 0.278. The van der Waals surface area contributed by atoms with Crippen LogP contribution in [0.4, 0.5) is 5.69 Å². The minimum atomic E-state index is -0.468. The molecule has 0 heterocycles. The molecule has 1 saturated carbocycles. The van der Waals surface area contributed by atoms with E-state index < -0.39 is 6.10 Å². The van der Waals surface area contributed by atoms with Crippen LogP contribution >= 0.6 is 11.6 Å². The van der Waals surface area contributed by atoms with Crippen molar-refractivity contribution in [2.24, 2.45) is 5.92 Å². The van der Waals surface area contributed by atoms with E-state index in [1.165, 1.54) is 0 Å². The molecule has 22 heavy (non-hydrogen) atoms. The second kappa shape index (κ2) is 6.39. The van der Waals surface area contributed by atoms with E-state index in [9.17, 15) is 5.11 Å². The Morgan fingerprint density at radius 2 is 1.91 bits per heavy atom. The quantitative estimate of drug-likeness (QED) is 0.872. The number of nitrogens with one attached hydrogen (secondary N) is 1. The first-order valence-electron chi connectivity index (χ1n) is 7.37. The van der Waals surface area contributed by atoms with E-state index in [1.54, 1.807) is 6.07 Å². The number of hydrogen-bond acceptors (Lipinski definition) is 3. The molecule has 3 rings (SSSR count). The Kier molecular flexibility index (Phi) is 4.33. The molecule has 112 valence electrons. The molecule has 0 aromatic heterocycles. The van der Waals surface area contributed by atoms with E-state index in [4.69, 9.17) is 16.9 Å². The summed E-state index contributed by atoms with van der Waals surface area (Å²) >= 11 is 5.91. The van der Waals surface area contributed by atoms with Crippen molar-refractivity contribution in [1.29, 1.82) is 5.26 Å². The van der Waals surface area contributed by atoms with Crippen molar-refractivity contribution in [3.8, 4) is 6.07 Å². The zero-order chi connectivity index (χ0) is 15.5. The molecule has 2 atom stereocenters. The van der Waals surface area contributed by atoms with Gasteiger partial charge in [-0.25, -0.2) is 0 Å². The Balaban J connectivity index is 1.89. The molecule has 2 N–H and O–H groups in total. The van der Waals surface area contributed by atoms with Gasteiger partial charge in [-0.3, -0.25) is 0 Å². The van der Waals surface area contributed by atoms with Gasteiger partial charge in [0.2, 0.25) is 0 Å². The largest absolute Gasteiger partial charge is 0.390 e. The van der Waals surface area contributed by atoms with Crippen LogP contribution in [0, 0.1) is 17.2 Å². The van der Waals surface area contributed by atoms with Crippen molar-refractivity contribution in [3.05, 3.63) is 64.7 Å². The van der Waals surface area contributed by atoms with Crippen LogP contribution in [-0.2, 0) is 0 Å². The molecule has 2 aromatic rings. The second-order valence-electron chi connectivity index (χ2n) is 5.69. The molecule has 0 saturated heterocycles. The van der Waals surface area contributed by atoms with Gasteiger partial charge >= 0.3 is 0 Å². The van der Waals surface area contributed by atoms with Crippen LogP contribution in [0.3, 0.4) is 0 Å². The fourth-order valence-corrected chi connectivity index (χ4v) is 2.73. The van der Waals surface area contributed by atoms with Gasteiger partial charge in [0.25, 0.3) is 0 Å². The van der Waals surface area contributed by atoms with Gasteiger partial charge in [0.15, 0.2) is 0 Å². The summed E-state index contributed by atoms with van der Waals surface area (Å²) in [6.45, 7) is 0. The van der Waals surface area contributed by atoms with E-state index in [1.807, 2.05) is 42.5 Å². The summed E-state index contributed by atoms with van der Waals surface area (Å²) in [5.41, 5.74) is 2.42. The minimum absolute atomic E-state index is 0.234. The lowest BCUT2D eigenvalue weighted by molar-refractivity contribution is 0.129. The predicted octanol–water partition coefficient (Wildman–Crippen LogP) is 4.14. The number of aliphatic hydroxyl groups is 1. The number of anilines is 1. The molecule has 1 aliphatic carbocycles. The zero-order valence-electron chi connectivity index (χ0n) is 12.0. The standard InChI is InChI=1S/C18H17ClN2O/c19-15-6-8-16(9-7-15)21-17(18(22)13-4-5-13)14-3-1-2-12(10-14)11-20/h1-3,6-10,13,17-18,21-22H,4-5H2. The highest BCUT2D eigenvalue weighted by molar-refractivity contribution is 6.30. The Hall–Kier alpha value is -2.02. The van der Waals surface area contributed by atoms with Crippen molar-refractivity contribution < 1.29 is 5.11 Å². The lowest BCUT2D eigenvalue weighted by Gasteiger charge is -2.26. The van der Waals surface area contributed by atoms with Crippen LogP contribution < -0.4 is 5.32 Å². The average Bonchev–Trinajstić information content (AvgIpc) is 3.38. The third kappa shape index (κ3) is 3.41. The highest BCUT2D eigenvalue weighted by atomic mass is 35.5. The lowest BCUT2D eigenvalue weighted by Crippen LogP contribution is -2.27. The maximum atomic E-state index is 10.6. The molecule has 0 bridgehead atoms. The third-order valence-corrected chi connectivity index (χ3v) is 4.24. The van der Waals surface area contributed by atoms with Crippen LogP contribution in [0.1, 0.15) is 30.0 Å². The van der Waals surface area contributed by atoms with Crippen LogP contribution in [0.5, 0.6) is 0 Å². The number of hydrogen-bond donors (Lipinski definition) is 2. The maximum Gasteiger partial charge on any atom is 0.0991 e. The molecule has 2 unspecified atom stereocenters. The Morgan fingerprint density at radius 3 is 2.55 bits per heavy atom. The first kappa shape index (κ1) is 14.9. The average molecular weight is 313 g/mol. The maximum absolute atomic E-state index is 10.6. The topological polar surface area (TPSA) is 56.0 Å². The fourth-order valence-electron chi connectivity index (χ4n) is 2.60. The summed E-state index contributed by atoms with van der Waals surface area (Å²) in [5.74, 6) is 0.329. The van der Waals surface area contributed by atoms with Crippen LogP contribution in [0.2, 0.25) is 5.02 Å². The van der Waals surface area contributed by atoms with Gasteiger partial charge in [0.1, 0.15) is 0 Å². The normalized spacial score (nSPS) is 16.6. The van der Waals surface area contributed by atoms with E-state index in [-0.39, 0.29) is 6.04 Å². The molecular formula is C18H17ClN2O. The van der Waals surface area contributed by atoms with Gasteiger partial charge in [-0.2, -0.15) is 5.26 Å². The molecule has 0 spiro atoms. The zero-order valence-corrected chi connectivity index (χ0v) is 12.8. The molecule has 1 fully saturated rings. The molecule has 0 aliphatic heterocycles. The number of rotatable bonds is 5. The second-order valence-corrected chi connectivity index (χ2v) is 6.13. The molecule has 2 aromatic carbocycles. The number of benzene rings is 2. The summed E-state index contributed by atoms with van der Waals surface area (Å²) in [4.78, 5) is 0. The van der Waals surface area contributed by atoms with Gasteiger partial charge in [0, 0.05) is 10.7 Å². The van der Waals surface area contributed by atoms with Gasteiger partial charge in [-0.15, -0.1) is 0 Å². The van der Waals surface area contributed by atoms with Crippen molar-refractivity contribution >= 4 is 17.3 Å². The minimum Gasteiger partial charge on any atom is -0.390 e. The summed E-state index contributed by atoms with van der Waals surface area (Å²) in [6.07, 6.45) is 1.64. The van der Waals surface area contributed by atoms with E-state index in [0.29, 0.717) is 16.5 Å². The Labute approximate surface area is 135 Å². The van der Waals surface area contributed by atoms with Crippen molar-refractivity contribution in [3.63, 3.8) is 0 Å². The number of nitriles is 1. The molecule has 3 nitrogen and oxygen atoms in total. The first-order valence-corrected chi connectivity index (χ1v) is 7.75. The summed E-state index contributed by atoms with van der Waals surface area (Å²) in [5, 5.41) is 23.7. The van der Waals surface area contributed by atoms with Crippen molar-refractivity contribution in [2.45, 2.75) is 25.0 Å². The third-order valence-electron chi connectivity index (χ3n) is 3.99. The molecular weight excluding hydrogens is 296 g/mol. The van der Waals surface area contributed by atoms with E-state index in [0.717, 1.165) is 24.1 Å².